The van der Waals surface area contributed by atoms with Crippen molar-refractivity contribution < 1.29 is 4.74 Å². The number of hydrogen-bond acceptors (Lipinski definition) is 2. The molecule has 0 saturated carbocycles. The van der Waals surface area contributed by atoms with E-state index in [-0.39, 0.29) is 0 Å². The van der Waals surface area contributed by atoms with Crippen molar-refractivity contribution in [3.05, 3.63) is 32.4 Å². The van der Waals surface area contributed by atoms with Crippen LogP contribution in [0, 0.1) is 9.49 Å². The zero-order valence-electron chi connectivity index (χ0n) is 9.17. The molecule has 2 rings (SSSR count). The van der Waals surface area contributed by atoms with Crippen LogP contribution in [0.4, 0.5) is 0 Å². The van der Waals surface area contributed by atoms with E-state index >= 15 is 0 Å². The van der Waals surface area contributed by atoms with E-state index in [1.807, 2.05) is 7.05 Å². The van der Waals surface area contributed by atoms with Gasteiger partial charge in [-0.05, 0) is 53.8 Å². The number of benzene rings is 1. The Kier molecular flexibility index (Phi) is 4.47. The summed E-state index contributed by atoms with van der Waals surface area (Å²) >= 11 is 8.40. The highest BCUT2D eigenvalue weighted by Crippen LogP contribution is 2.31. The van der Waals surface area contributed by atoms with Crippen LogP contribution < -0.4 is 5.32 Å². The zero-order valence-corrected chi connectivity index (χ0v) is 12.1. The Morgan fingerprint density at radius 2 is 2.38 bits per heavy atom. The van der Waals surface area contributed by atoms with E-state index in [0.717, 1.165) is 28.2 Å². The molecule has 0 aliphatic carbocycles. The third-order valence-corrected chi connectivity index (χ3v) is 4.62. The summed E-state index contributed by atoms with van der Waals surface area (Å²) in [6.45, 7) is 1.72. The lowest BCUT2D eigenvalue weighted by Gasteiger charge is -2.22. The average Bonchev–Trinajstić information content (AvgIpc) is 2.78. The van der Waals surface area contributed by atoms with E-state index in [9.17, 15) is 0 Å². The van der Waals surface area contributed by atoms with Gasteiger partial charge in [0, 0.05) is 22.1 Å². The average molecular weight is 352 g/mol. The first-order valence-electron chi connectivity index (χ1n) is 5.42. The van der Waals surface area contributed by atoms with Crippen LogP contribution in [0.3, 0.4) is 0 Å². The molecule has 0 aromatic heterocycles. The molecule has 1 N–H and O–H groups in total. The normalized spacial score (nSPS) is 22.3. The summed E-state index contributed by atoms with van der Waals surface area (Å²) in [5.41, 5.74) is 1.25. The molecule has 2 atom stereocenters. The summed E-state index contributed by atoms with van der Waals surface area (Å²) in [5, 5.41) is 4.20. The Morgan fingerprint density at radius 1 is 1.56 bits per heavy atom. The fourth-order valence-electron chi connectivity index (χ4n) is 2.20. The number of rotatable bonds is 3. The molecule has 1 saturated heterocycles. The molecule has 0 bridgehead atoms. The van der Waals surface area contributed by atoms with E-state index in [4.69, 9.17) is 16.3 Å². The first-order chi connectivity index (χ1) is 7.72. The van der Waals surface area contributed by atoms with Gasteiger partial charge in [-0.25, -0.2) is 0 Å². The van der Waals surface area contributed by atoms with Crippen molar-refractivity contribution in [3.8, 4) is 0 Å². The standard InChI is InChI=1S/C12H15ClINO/c1-15-12(9-4-5-16-7-9)8-2-3-11(14)10(13)6-8/h2-3,6,9,12,15H,4-5,7H2,1H3. The fourth-order valence-corrected chi connectivity index (χ4v) is 2.72. The summed E-state index contributed by atoms with van der Waals surface area (Å²) in [5.74, 6) is 0.557. The highest BCUT2D eigenvalue weighted by Gasteiger charge is 2.26. The Bertz CT molecular complexity index is 366. The van der Waals surface area contributed by atoms with Crippen LogP contribution in [-0.4, -0.2) is 20.3 Å². The molecule has 0 amide bonds. The quantitative estimate of drug-likeness (QED) is 0.844. The fraction of sp³-hybridized carbons (Fsp3) is 0.500. The molecule has 88 valence electrons. The summed E-state index contributed by atoms with van der Waals surface area (Å²) in [6.07, 6.45) is 1.12. The minimum Gasteiger partial charge on any atom is -0.381 e. The molecule has 16 heavy (non-hydrogen) atoms. The van der Waals surface area contributed by atoms with Gasteiger partial charge in [-0.2, -0.15) is 0 Å². The molecule has 4 heteroatoms. The van der Waals surface area contributed by atoms with E-state index in [1.54, 1.807) is 0 Å². The largest absolute Gasteiger partial charge is 0.381 e. The van der Waals surface area contributed by atoms with Gasteiger partial charge in [0.2, 0.25) is 0 Å². The van der Waals surface area contributed by atoms with E-state index < -0.39 is 0 Å². The predicted octanol–water partition coefficient (Wildman–Crippen LogP) is 3.24. The molecule has 1 aromatic carbocycles. The zero-order chi connectivity index (χ0) is 11.5. The highest BCUT2D eigenvalue weighted by atomic mass is 127. The van der Waals surface area contributed by atoms with Crippen LogP contribution in [-0.2, 0) is 4.74 Å². The second kappa shape index (κ2) is 5.67. The molecule has 1 aromatic rings. The Labute approximate surface area is 115 Å². The van der Waals surface area contributed by atoms with Crippen LogP contribution in [0.2, 0.25) is 5.02 Å². The maximum atomic E-state index is 6.16. The molecule has 1 heterocycles. The maximum Gasteiger partial charge on any atom is 0.0542 e. The van der Waals surface area contributed by atoms with Crippen molar-refractivity contribution in [1.29, 1.82) is 0 Å². The predicted molar refractivity (Wildman–Crippen MR) is 74.9 cm³/mol. The van der Waals surface area contributed by atoms with Crippen LogP contribution in [0.25, 0.3) is 0 Å². The molecule has 2 unspecified atom stereocenters. The van der Waals surface area contributed by atoms with Crippen molar-refractivity contribution in [1.82, 2.24) is 5.32 Å². The number of halogens is 2. The first kappa shape index (κ1) is 12.6. The number of hydrogen-bond donors (Lipinski definition) is 1. The number of ether oxygens (including phenoxy) is 1. The lowest BCUT2D eigenvalue weighted by molar-refractivity contribution is 0.178. The molecule has 0 radical (unpaired) electrons. The highest BCUT2D eigenvalue weighted by molar-refractivity contribution is 14.1. The van der Waals surface area contributed by atoms with Gasteiger partial charge in [0.1, 0.15) is 0 Å². The molecule has 0 spiro atoms. The van der Waals surface area contributed by atoms with Crippen molar-refractivity contribution in [3.63, 3.8) is 0 Å². The summed E-state index contributed by atoms with van der Waals surface area (Å²) < 4.78 is 6.54. The van der Waals surface area contributed by atoms with Gasteiger partial charge < -0.3 is 10.1 Å². The monoisotopic (exact) mass is 351 g/mol. The maximum absolute atomic E-state index is 6.16. The van der Waals surface area contributed by atoms with Crippen LogP contribution in [0.1, 0.15) is 18.0 Å². The van der Waals surface area contributed by atoms with Crippen LogP contribution in [0.5, 0.6) is 0 Å². The smallest absolute Gasteiger partial charge is 0.0542 e. The first-order valence-corrected chi connectivity index (χ1v) is 6.88. The Balaban J connectivity index is 2.22. The molecule has 2 nitrogen and oxygen atoms in total. The van der Waals surface area contributed by atoms with Crippen molar-refractivity contribution in [2.45, 2.75) is 12.5 Å². The lowest BCUT2D eigenvalue weighted by Crippen LogP contribution is -2.25. The van der Waals surface area contributed by atoms with Crippen molar-refractivity contribution in [2.75, 3.05) is 20.3 Å². The van der Waals surface area contributed by atoms with Gasteiger partial charge in [0.15, 0.2) is 0 Å². The molecule has 1 aliphatic heterocycles. The van der Waals surface area contributed by atoms with Gasteiger partial charge >= 0.3 is 0 Å². The molecular formula is C12H15ClINO. The van der Waals surface area contributed by atoms with Gasteiger partial charge in [0.05, 0.1) is 11.6 Å². The third kappa shape index (κ3) is 2.70. The Hall–Kier alpha value is 0.160. The van der Waals surface area contributed by atoms with Crippen molar-refractivity contribution >= 4 is 34.2 Å². The topological polar surface area (TPSA) is 21.3 Å². The van der Waals surface area contributed by atoms with Gasteiger partial charge in [0.25, 0.3) is 0 Å². The van der Waals surface area contributed by atoms with Crippen molar-refractivity contribution in [2.24, 2.45) is 5.92 Å². The third-order valence-electron chi connectivity index (χ3n) is 3.05. The minimum absolute atomic E-state index is 0.344. The van der Waals surface area contributed by atoms with Gasteiger partial charge in [-0.3, -0.25) is 0 Å². The Morgan fingerprint density at radius 3 is 2.94 bits per heavy atom. The molecule has 1 fully saturated rings. The van der Waals surface area contributed by atoms with E-state index in [2.05, 4.69) is 46.1 Å². The van der Waals surface area contributed by atoms with Gasteiger partial charge in [-0.15, -0.1) is 0 Å². The van der Waals surface area contributed by atoms with Crippen LogP contribution in [0.15, 0.2) is 18.2 Å². The van der Waals surface area contributed by atoms with Crippen LogP contribution >= 0.6 is 34.2 Å². The van der Waals surface area contributed by atoms with Gasteiger partial charge in [-0.1, -0.05) is 17.7 Å². The summed E-state index contributed by atoms with van der Waals surface area (Å²) in [7, 11) is 1.99. The summed E-state index contributed by atoms with van der Waals surface area (Å²) in [6, 6.07) is 6.62. The number of nitrogens with one attached hydrogen (secondary N) is 1. The molecule has 1 aliphatic rings. The minimum atomic E-state index is 0.344. The second-order valence-electron chi connectivity index (χ2n) is 4.06. The lowest BCUT2D eigenvalue weighted by atomic mass is 9.92. The van der Waals surface area contributed by atoms with E-state index in [0.29, 0.717) is 12.0 Å². The second-order valence-corrected chi connectivity index (χ2v) is 5.63. The van der Waals surface area contributed by atoms with E-state index in [1.165, 1.54) is 5.56 Å². The summed E-state index contributed by atoms with van der Waals surface area (Å²) in [4.78, 5) is 0. The SMILES string of the molecule is CNC(c1ccc(I)c(Cl)c1)C1CCOC1. The molecular weight excluding hydrogens is 336 g/mol.